The molecule has 0 aliphatic carbocycles. The maximum atomic E-state index is 11.9. The molecule has 2 aliphatic heterocycles. The largest absolute Gasteiger partial charge is 0.393 e. The summed E-state index contributed by atoms with van der Waals surface area (Å²) in [7, 11) is -3.13. The monoisotopic (exact) mass is 324 g/mol. The third-order valence-corrected chi connectivity index (χ3v) is 6.32. The van der Waals surface area contributed by atoms with Crippen LogP contribution < -0.4 is 5.32 Å². The highest BCUT2D eigenvalue weighted by Gasteiger charge is 2.37. The normalized spacial score (nSPS) is 37.8. The lowest BCUT2D eigenvalue weighted by atomic mass is 9.97. The van der Waals surface area contributed by atoms with Gasteiger partial charge in [0.05, 0.1) is 35.6 Å². The predicted molar refractivity (Wildman–Crippen MR) is 76.5 cm³/mol. The number of carbonyl (C=O) groups excluding carboxylic acids is 1. The molecule has 2 fully saturated rings. The minimum absolute atomic E-state index is 0.0769. The highest BCUT2D eigenvalue weighted by atomic mass is 35.5. The molecule has 0 saturated carbocycles. The highest BCUT2D eigenvalue weighted by molar-refractivity contribution is 7.91. The Bertz CT molecular complexity index is 470. The second kappa shape index (κ2) is 6.17. The van der Waals surface area contributed by atoms with Crippen LogP contribution in [0.5, 0.6) is 0 Å². The van der Waals surface area contributed by atoms with Crippen LogP contribution in [-0.4, -0.2) is 73.0 Å². The Morgan fingerprint density at radius 2 is 2.15 bits per heavy atom. The highest BCUT2D eigenvalue weighted by Crippen LogP contribution is 2.19. The Kier molecular flexibility index (Phi) is 4.94. The molecule has 116 valence electrons. The first-order chi connectivity index (χ1) is 9.27. The van der Waals surface area contributed by atoms with Crippen LogP contribution in [-0.2, 0) is 14.6 Å². The Hall–Kier alpha value is -0.370. The number of halogens is 1. The Labute approximate surface area is 124 Å². The van der Waals surface area contributed by atoms with Crippen LogP contribution in [0.3, 0.4) is 0 Å². The fourth-order valence-electron chi connectivity index (χ4n) is 2.76. The maximum absolute atomic E-state index is 11.9. The van der Waals surface area contributed by atoms with Gasteiger partial charge in [0, 0.05) is 13.1 Å². The van der Waals surface area contributed by atoms with E-state index in [1.54, 1.807) is 0 Å². The lowest BCUT2D eigenvalue weighted by Gasteiger charge is -2.34. The Morgan fingerprint density at radius 3 is 2.70 bits per heavy atom. The number of aliphatic hydroxyl groups excluding tert-OH is 1. The van der Waals surface area contributed by atoms with Crippen molar-refractivity contribution in [2.45, 2.75) is 30.9 Å². The van der Waals surface area contributed by atoms with Crippen LogP contribution in [0.25, 0.3) is 0 Å². The van der Waals surface area contributed by atoms with Gasteiger partial charge < -0.3 is 10.4 Å². The molecule has 2 N–H and O–H groups in total. The summed E-state index contributed by atoms with van der Waals surface area (Å²) in [5, 5.41) is 11.8. The zero-order valence-electron chi connectivity index (χ0n) is 11.5. The quantitative estimate of drug-likeness (QED) is 0.664. The summed E-state index contributed by atoms with van der Waals surface area (Å²) in [6, 6.07) is -0.498. The van der Waals surface area contributed by atoms with Crippen molar-refractivity contribution in [3.8, 4) is 0 Å². The first kappa shape index (κ1) is 16.0. The number of hydrogen-bond donors (Lipinski definition) is 2. The SMILES string of the molecule is CC1CN(CC(=O)NC2CS(=O)(=O)CC2Cl)CCC1O. The van der Waals surface area contributed by atoms with Gasteiger partial charge in [-0.1, -0.05) is 6.92 Å². The maximum Gasteiger partial charge on any atom is 0.234 e. The molecule has 8 heteroatoms. The third-order valence-electron chi connectivity index (χ3n) is 3.94. The van der Waals surface area contributed by atoms with Crippen molar-refractivity contribution in [3.05, 3.63) is 0 Å². The van der Waals surface area contributed by atoms with Crippen LogP contribution in [0, 0.1) is 5.92 Å². The summed E-state index contributed by atoms with van der Waals surface area (Å²) in [5.74, 6) is -0.223. The standard InChI is InChI=1S/C12H21ClN2O4S/c1-8-4-15(3-2-11(8)16)5-12(17)14-10-7-20(18,19)6-9(10)13/h8-11,16H,2-7H2,1H3,(H,14,17). The molecule has 2 saturated heterocycles. The van der Waals surface area contributed by atoms with E-state index in [1.807, 2.05) is 11.8 Å². The van der Waals surface area contributed by atoms with Gasteiger partial charge in [0.25, 0.3) is 0 Å². The molecule has 4 atom stereocenters. The van der Waals surface area contributed by atoms with Gasteiger partial charge in [-0.2, -0.15) is 0 Å². The zero-order chi connectivity index (χ0) is 14.9. The smallest absolute Gasteiger partial charge is 0.234 e. The van der Waals surface area contributed by atoms with E-state index in [4.69, 9.17) is 11.6 Å². The molecule has 20 heavy (non-hydrogen) atoms. The van der Waals surface area contributed by atoms with Crippen LogP contribution in [0.15, 0.2) is 0 Å². The number of carbonyl (C=O) groups is 1. The van der Waals surface area contributed by atoms with Crippen molar-refractivity contribution in [1.29, 1.82) is 0 Å². The lowest BCUT2D eigenvalue weighted by molar-refractivity contribution is -0.123. The van der Waals surface area contributed by atoms with Crippen LogP contribution >= 0.6 is 11.6 Å². The zero-order valence-corrected chi connectivity index (χ0v) is 13.0. The van der Waals surface area contributed by atoms with Gasteiger partial charge in [0.1, 0.15) is 0 Å². The van der Waals surface area contributed by atoms with Gasteiger partial charge in [-0.3, -0.25) is 9.69 Å². The summed E-state index contributed by atoms with van der Waals surface area (Å²) in [5.41, 5.74) is 0. The van der Waals surface area contributed by atoms with Crippen molar-refractivity contribution in [2.75, 3.05) is 31.1 Å². The molecule has 0 spiro atoms. The summed E-state index contributed by atoms with van der Waals surface area (Å²) < 4.78 is 22.9. The number of hydrogen-bond acceptors (Lipinski definition) is 5. The molecule has 0 radical (unpaired) electrons. The van der Waals surface area contributed by atoms with E-state index in [-0.39, 0.29) is 36.0 Å². The topological polar surface area (TPSA) is 86.7 Å². The molecule has 2 rings (SSSR count). The summed E-state index contributed by atoms with van der Waals surface area (Å²) >= 11 is 5.95. The second-order valence-corrected chi connectivity index (χ2v) is 8.55. The number of likely N-dealkylation sites (tertiary alicyclic amines) is 1. The molecule has 2 aliphatic rings. The molecule has 1 amide bonds. The average molecular weight is 325 g/mol. The fraction of sp³-hybridized carbons (Fsp3) is 0.917. The number of nitrogens with zero attached hydrogens (tertiary/aromatic N) is 1. The van der Waals surface area contributed by atoms with Gasteiger partial charge >= 0.3 is 0 Å². The van der Waals surface area contributed by atoms with Crippen LogP contribution in [0.4, 0.5) is 0 Å². The number of amides is 1. The number of sulfone groups is 1. The minimum atomic E-state index is -3.13. The number of piperidine rings is 1. The first-order valence-corrected chi connectivity index (χ1v) is 9.07. The van der Waals surface area contributed by atoms with Crippen molar-refractivity contribution >= 4 is 27.3 Å². The second-order valence-electron chi connectivity index (χ2n) is 5.84. The summed E-state index contributed by atoms with van der Waals surface area (Å²) in [6.45, 7) is 3.51. The van der Waals surface area contributed by atoms with E-state index < -0.39 is 21.3 Å². The molecule has 6 nitrogen and oxygen atoms in total. The van der Waals surface area contributed by atoms with Gasteiger partial charge in [-0.25, -0.2) is 8.42 Å². The van der Waals surface area contributed by atoms with E-state index in [2.05, 4.69) is 5.32 Å². The Balaban J connectivity index is 1.81. The molecule has 0 aromatic heterocycles. The Morgan fingerprint density at radius 1 is 1.45 bits per heavy atom. The van der Waals surface area contributed by atoms with Crippen molar-refractivity contribution in [2.24, 2.45) is 5.92 Å². The van der Waals surface area contributed by atoms with Crippen molar-refractivity contribution < 1.29 is 18.3 Å². The lowest BCUT2D eigenvalue weighted by Crippen LogP contribution is -2.49. The summed E-state index contributed by atoms with van der Waals surface area (Å²) in [6.07, 6.45) is 0.353. The summed E-state index contributed by atoms with van der Waals surface area (Å²) in [4.78, 5) is 13.9. The van der Waals surface area contributed by atoms with Crippen molar-refractivity contribution in [1.82, 2.24) is 10.2 Å². The number of alkyl halides is 1. The van der Waals surface area contributed by atoms with E-state index >= 15 is 0 Å². The van der Waals surface area contributed by atoms with Crippen LogP contribution in [0.2, 0.25) is 0 Å². The predicted octanol–water partition coefficient (Wildman–Crippen LogP) is -0.790. The van der Waals surface area contributed by atoms with Gasteiger partial charge in [0.15, 0.2) is 9.84 Å². The first-order valence-electron chi connectivity index (χ1n) is 6.81. The fourth-order valence-corrected chi connectivity index (χ4v) is 5.31. The van der Waals surface area contributed by atoms with Gasteiger partial charge in [-0.15, -0.1) is 11.6 Å². The molecular weight excluding hydrogens is 304 g/mol. The molecule has 4 unspecified atom stereocenters. The van der Waals surface area contributed by atoms with E-state index in [9.17, 15) is 18.3 Å². The average Bonchev–Trinajstić information content (AvgIpc) is 2.57. The third kappa shape index (κ3) is 4.07. The van der Waals surface area contributed by atoms with E-state index in [0.717, 1.165) is 0 Å². The van der Waals surface area contributed by atoms with Crippen LogP contribution in [0.1, 0.15) is 13.3 Å². The molecule has 2 heterocycles. The van der Waals surface area contributed by atoms with E-state index in [1.165, 1.54) is 0 Å². The van der Waals surface area contributed by atoms with Crippen molar-refractivity contribution in [3.63, 3.8) is 0 Å². The number of rotatable bonds is 3. The van der Waals surface area contributed by atoms with Gasteiger partial charge in [0.2, 0.25) is 5.91 Å². The number of aliphatic hydroxyl groups is 1. The molecular formula is C12H21ClN2O4S. The minimum Gasteiger partial charge on any atom is -0.393 e. The van der Waals surface area contributed by atoms with Gasteiger partial charge in [-0.05, 0) is 12.3 Å². The van der Waals surface area contributed by atoms with E-state index in [0.29, 0.717) is 19.5 Å². The molecule has 0 aromatic rings. The number of nitrogens with one attached hydrogen (secondary N) is 1. The molecule has 0 bridgehead atoms. The molecule has 0 aromatic carbocycles.